The lowest BCUT2D eigenvalue weighted by Crippen LogP contribution is -2.45. The van der Waals surface area contributed by atoms with E-state index in [0.717, 1.165) is 36.9 Å². The van der Waals surface area contributed by atoms with Gasteiger partial charge in [0, 0.05) is 29.0 Å². The van der Waals surface area contributed by atoms with Crippen LogP contribution in [0.5, 0.6) is 0 Å². The molecule has 0 bridgehead atoms. The molecule has 33 heavy (non-hydrogen) atoms. The Morgan fingerprint density at radius 2 is 2.00 bits per heavy atom. The lowest BCUT2D eigenvalue weighted by Gasteiger charge is -2.45. The predicted octanol–water partition coefficient (Wildman–Crippen LogP) is 4.84. The summed E-state index contributed by atoms with van der Waals surface area (Å²) in [6.45, 7) is 1.99. The number of anilines is 1. The number of benzene rings is 2. The number of halogens is 2. The molecule has 0 radical (unpaired) electrons. The monoisotopic (exact) mass is 518 g/mol. The molecular formula is C25H32BrFN4O2. The van der Waals surface area contributed by atoms with Crippen LogP contribution in [-0.2, 0) is 4.74 Å². The van der Waals surface area contributed by atoms with Gasteiger partial charge in [0.2, 0.25) is 0 Å². The third-order valence-corrected chi connectivity index (χ3v) is 6.84. The van der Waals surface area contributed by atoms with E-state index in [1.54, 1.807) is 0 Å². The highest BCUT2D eigenvalue weighted by atomic mass is 79.9. The van der Waals surface area contributed by atoms with E-state index in [9.17, 15) is 9.18 Å². The van der Waals surface area contributed by atoms with Gasteiger partial charge in [0.15, 0.2) is 0 Å². The lowest BCUT2D eigenvalue weighted by molar-refractivity contribution is -0.0908. The molecule has 178 valence electrons. The number of nitrogens with zero attached hydrogens (tertiary/aromatic N) is 1. The molecule has 0 spiro atoms. The standard InChI is InChI=1S/C25H32BrFN4O2/c1-31(2)12-6-11-28-25(32)29-15-18-9-10-19-22(16-7-4-3-5-8-16)30-23-20(24(19)33-18)13-17(26)14-21(23)27/h3-5,7-8,13-14,18-19,22,24,30H,6,9-12,15H2,1-2H3,(H2,28,29,32)/t18-,19+,22+,24+/m1/s1. The molecular weight excluding hydrogens is 487 g/mol. The first-order valence-electron chi connectivity index (χ1n) is 11.5. The fourth-order valence-electron chi connectivity index (χ4n) is 4.79. The summed E-state index contributed by atoms with van der Waals surface area (Å²) >= 11 is 3.43. The van der Waals surface area contributed by atoms with Gasteiger partial charge in [0.25, 0.3) is 0 Å². The largest absolute Gasteiger partial charge is 0.375 e. The fourth-order valence-corrected chi connectivity index (χ4v) is 5.24. The summed E-state index contributed by atoms with van der Waals surface area (Å²) in [4.78, 5) is 14.3. The van der Waals surface area contributed by atoms with Crippen molar-refractivity contribution < 1.29 is 13.9 Å². The minimum Gasteiger partial charge on any atom is -0.375 e. The van der Waals surface area contributed by atoms with E-state index in [4.69, 9.17) is 4.74 Å². The molecule has 6 nitrogen and oxygen atoms in total. The molecule has 3 N–H and O–H groups in total. The Labute approximate surface area is 203 Å². The van der Waals surface area contributed by atoms with Gasteiger partial charge < -0.3 is 25.6 Å². The molecule has 2 aromatic rings. The molecule has 2 aliphatic heterocycles. The number of rotatable bonds is 7. The fraction of sp³-hybridized carbons (Fsp3) is 0.480. The number of carbonyl (C=O) groups is 1. The maximum absolute atomic E-state index is 14.9. The summed E-state index contributed by atoms with van der Waals surface area (Å²) in [5.41, 5.74) is 2.45. The van der Waals surface area contributed by atoms with Crippen LogP contribution in [0, 0.1) is 11.7 Å². The summed E-state index contributed by atoms with van der Waals surface area (Å²) < 4.78 is 22.1. The molecule has 4 atom stereocenters. The van der Waals surface area contributed by atoms with Crippen LogP contribution in [0.1, 0.15) is 42.5 Å². The molecule has 0 aliphatic carbocycles. The van der Waals surface area contributed by atoms with Gasteiger partial charge in [-0.25, -0.2) is 9.18 Å². The summed E-state index contributed by atoms with van der Waals surface area (Å²) in [5.74, 6) is -0.121. The molecule has 2 amide bonds. The van der Waals surface area contributed by atoms with Gasteiger partial charge in [-0.2, -0.15) is 0 Å². The van der Waals surface area contributed by atoms with E-state index in [-0.39, 0.29) is 36.0 Å². The minimum atomic E-state index is -0.292. The smallest absolute Gasteiger partial charge is 0.314 e. The van der Waals surface area contributed by atoms with Gasteiger partial charge in [0.05, 0.1) is 23.9 Å². The van der Waals surface area contributed by atoms with Crippen LogP contribution in [0.4, 0.5) is 14.9 Å². The Morgan fingerprint density at radius 3 is 2.76 bits per heavy atom. The van der Waals surface area contributed by atoms with Crippen molar-refractivity contribution >= 4 is 27.6 Å². The molecule has 0 saturated carbocycles. The average molecular weight is 519 g/mol. The second kappa shape index (κ2) is 10.8. The third kappa shape index (κ3) is 5.86. The number of carbonyl (C=O) groups excluding carboxylic acids is 1. The van der Waals surface area contributed by atoms with Crippen LogP contribution in [0.15, 0.2) is 46.9 Å². The van der Waals surface area contributed by atoms with Crippen LogP contribution >= 0.6 is 15.9 Å². The van der Waals surface area contributed by atoms with Gasteiger partial charge in [-0.05, 0) is 57.6 Å². The number of amides is 2. The Bertz CT molecular complexity index is 959. The second-order valence-corrected chi connectivity index (χ2v) is 10.0. The maximum Gasteiger partial charge on any atom is 0.314 e. The van der Waals surface area contributed by atoms with E-state index < -0.39 is 0 Å². The van der Waals surface area contributed by atoms with Crippen molar-refractivity contribution in [2.45, 2.75) is 37.5 Å². The van der Waals surface area contributed by atoms with Crippen LogP contribution in [0.2, 0.25) is 0 Å². The van der Waals surface area contributed by atoms with E-state index >= 15 is 0 Å². The van der Waals surface area contributed by atoms with Crippen molar-refractivity contribution in [2.24, 2.45) is 5.92 Å². The van der Waals surface area contributed by atoms with Gasteiger partial charge in [-0.3, -0.25) is 0 Å². The molecule has 0 unspecified atom stereocenters. The topological polar surface area (TPSA) is 65.6 Å². The highest BCUT2D eigenvalue weighted by molar-refractivity contribution is 9.10. The number of urea groups is 1. The molecule has 0 aromatic heterocycles. The molecule has 2 aromatic carbocycles. The molecule has 1 saturated heterocycles. The summed E-state index contributed by atoms with van der Waals surface area (Å²) in [6.07, 6.45) is 2.28. The minimum absolute atomic E-state index is 0.0340. The SMILES string of the molecule is CN(C)CCCNC(=O)NC[C@H]1CC[C@@H]2[C@H](O1)c1cc(Br)cc(F)c1N[C@H]2c1ccccc1. The summed E-state index contributed by atoms with van der Waals surface area (Å²) in [6, 6.07) is 13.4. The van der Waals surface area contributed by atoms with Gasteiger partial charge >= 0.3 is 6.03 Å². The van der Waals surface area contributed by atoms with Crippen molar-refractivity contribution in [1.29, 1.82) is 0 Å². The number of ether oxygens (including phenoxy) is 1. The Kier molecular flexibility index (Phi) is 7.88. The predicted molar refractivity (Wildman–Crippen MR) is 132 cm³/mol. The molecule has 4 rings (SSSR count). The molecule has 1 fully saturated rings. The lowest BCUT2D eigenvalue weighted by atomic mass is 9.76. The van der Waals surface area contributed by atoms with Gasteiger partial charge in [-0.15, -0.1) is 0 Å². The van der Waals surface area contributed by atoms with E-state index in [1.807, 2.05) is 38.4 Å². The summed E-state index contributed by atoms with van der Waals surface area (Å²) in [7, 11) is 4.03. The zero-order chi connectivity index (χ0) is 23.4. The Balaban J connectivity index is 1.44. The quantitative estimate of drug-likeness (QED) is 0.458. The number of hydrogen-bond donors (Lipinski definition) is 3. The van der Waals surface area contributed by atoms with Crippen molar-refractivity contribution in [2.75, 3.05) is 39.0 Å². The number of fused-ring (bicyclic) bond motifs is 3. The van der Waals surface area contributed by atoms with Crippen molar-refractivity contribution in [3.8, 4) is 0 Å². The zero-order valence-corrected chi connectivity index (χ0v) is 20.7. The van der Waals surface area contributed by atoms with E-state index in [0.29, 0.717) is 23.2 Å². The first-order valence-corrected chi connectivity index (χ1v) is 12.3. The normalized spacial score (nSPS) is 23.9. The van der Waals surface area contributed by atoms with Crippen molar-refractivity contribution in [1.82, 2.24) is 15.5 Å². The van der Waals surface area contributed by atoms with Crippen molar-refractivity contribution in [3.63, 3.8) is 0 Å². The van der Waals surface area contributed by atoms with Crippen LogP contribution in [0.3, 0.4) is 0 Å². The van der Waals surface area contributed by atoms with Crippen molar-refractivity contribution in [3.05, 3.63) is 63.9 Å². The van der Waals surface area contributed by atoms with E-state index in [1.165, 1.54) is 6.07 Å². The third-order valence-electron chi connectivity index (χ3n) is 6.39. The highest BCUT2D eigenvalue weighted by Crippen LogP contribution is 2.51. The van der Waals surface area contributed by atoms with Crippen LogP contribution < -0.4 is 16.0 Å². The molecule has 2 heterocycles. The average Bonchev–Trinajstić information content (AvgIpc) is 2.80. The first kappa shape index (κ1) is 24.0. The van der Waals surface area contributed by atoms with E-state index in [2.05, 4.69) is 48.9 Å². The summed E-state index contributed by atoms with van der Waals surface area (Å²) in [5, 5.41) is 9.28. The number of nitrogens with one attached hydrogen (secondary N) is 3. The zero-order valence-electron chi connectivity index (χ0n) is 19.1. The van der Waals surface area contributed by atoms with Gasteiger partial charge in [-0.1, -0.05) is 46.3 Å². The highest BCUT2D eigenvalue weighted by Gasteiger charge is 2.43. The Morgan fingerprint density at radius 1 is 1.21 bits per heavy atom. The van der Waals surface area contributed by atoms with Crippen LogP contribution in [-0.4, -0.2) is 50.8 Å². The molecule has 2 aliphatic rings. The second-order valence-electron chi connectivity index (χ2n) is 9.10. The first-order chi connectivity index (χ1) is 15.9. The van der Waals surface area contributed by atoms with Gasteiger partial charge in [0.1, 0.15) is 5.82 Å². The van der Waals surface area contributed by atoms with Crippen LogP contribution in [0.25, 0.3) is 0 Å². The maximum atomic E-state index is 14.9. The number of hydrogen-bond acceptors (Lipinski definition) is 4. The molecule has 8 heteroatoms. The Hall–Kier alpha value is -2.16.